The second-order valence-corrected chi connectivity index (χ2v) is 8.43. The van der Waals surface area contributed by atoms with Crippen molar-refractivity contribution in [3.63, 3.8) is 0 Å². The number of aryl methyl sites for hydroxylation is 3. The van der Waals surface area contributed by atoms with Crippen LogP contribution in [0, 0.1) is 13.8 Å². The number of ketones is 1. The standard InChI is InChI=1S/C19H18N2O3S2/c1-10-15(11(2)24-21-10)18(23)20-19-16(17(22)14-8-5-9-25-14)12-6-3-4-7-13(12)26-19/h5,8-9H,3-4,6-7H2,1-2H3,(H,20,23). The quantitative estimate of drug-likeness (QED) is 0.655. The first-order valence-corrected chi connectivity index (χ1v) is 10.2. The molecule has 5 nitrogen and oxygen atoms in total. The summed E-state index contributed by atoms with van der Waals surface area (Å²) in [6.07, 6.45) is 4.05. The SMILES string of the molecule is Cc1noc(C)c1C(=O)Nc1sc2c(c1C(=O)c1cccs1)CCCC2. The molecule has 4 rings (SSSR count). The van der Waals surface area contributed by atoms with Gasteiger partial charge in [-0.3, -0.25) is 9.59 Å². The van der Waals surface area contributed by atoms with Crippen LogP contribution in [0.3, 0.4) is 0 Å². The van der Waals surface area contributed by atoms with Crippen LogP contribution >= 0.6 is 22.7 Å². The van der Waals surface area contributed by atoms with Gasteiger partial charge in [0.25, 0.3) is 5.91 Å². The molecular formula is C19H18N2O3S2. The van der Waals surface area contributed by atoms with E-state index >= 15 is 0 Å². The number of fused-ring (bicyclic) bond motifs is 1. The molecule has 134 valence electrons. The van der Waals surface area contributed by atoms with Crippen molar-refractivity contribution in [3.05, 3.63) is 55.4 Å². The zero-order valence-electron chi connectivity index (χ0n) is 14.5. The molecule has 0 radical (unpaired) electrons. The van der Waals surface area contributed by atoms with Gasteiger partial charge in [-0.05, 0) is 56.5 Å². The van der Waals surface area contributed by atoms with E-state index in [0.717, 1.165) is 31.2 Å². The van der Waals surface area contributed by atoms with Gasteiger partial charge in [-0.15, -0.1) is 22.7 Å². The Labute approximate surface area is 159 Å². The van der Waals surface area contributed by atoms with E-state index in [-0.39, 0.29) is 11.7 Å². The van der Waals surface area contributed by atoms with E-state index in [1.165, 1.54) is 27.6 Å². The molecule has 3 heterocycles. The zero-order chi connectivity index (χ0) is 18.3. The highest BCUT2D eigenvalue weighted by molar-refractivity contribution is 7.17. The Morgan fingerprint density at radius 2 is 2.00 bits per heavy atom. The Morgan fingerprint density at radius 1 is 1.19 bits per heavy atom. The van der Waals surface area contributed by atoms with E-state index in [0.29, 0.717) is 32.5 Å². The van der Waals surface area contributed by atoms with E-state index in [1.807, 2.05) is 17.5 Å². The fourth-order valence-electron chi connectivity index (χ4n) is 3.40. The summed E-state index contributed by atoms with van der Waals surface area (Å²) >= 11 is 2.95. The fraction of sp³-hybridized carbons (Fsp3) is 0.316. The second kappa shape index (κ2) is 6.81. The molecule has 0 unspecified atom stereocenters. The average molecular weight is 386 g/mol. The van der Waals surface area contributed by atoms with Crippen LogP contribution < -0.4 is 5.32 Å². The van der Waals surface area contributed by atoms with E-state index in [9.17, 15) is 9.59 Å². The second-order valence-electron chi connectivity index (χ2n) is 6.37. The first kappa shape index (κ1) is 17.2. The fourth-order valence-corrected chi connectivity index (χ4v) is 5.35. The summed E-state index contributed by atoms with van der Waals surface area (Å²) in [6, 6.07) is 3.71. The van der Waals surface area contributed by atoms with Gasteiger partial charge in [0.15, 0.2) is 0 Å². The van der Waals surface area contributed by atoms with Gasteiger partial charge >= 0.3 is 0 Å². The molecule has 7 heteroatoms. The molecule has 0 aliphatic heterocycles. The Balaban J connectivity index is 1.75. The monoisotopic (exact) mass is 386 g/mol. The summed E-state index contributed by atoms with van der Waals surface area (Å²) in [5, 5.41) is 9.34. The third-order valence-electron chi connectivity index (χ3n) is 4.63. The average Bonchev–Trinajstić information content (AvgIpc) is 3.33. The normalized spacial score (nSPS) is 13.5. The summed E-state index contributed by atoms with van der Waals surface area (Å²) in [5.74, 6) is 0.195. The molecule has 0 saturated heterocycles. The molecule has 26 heavy (non-hydrogen) atoms. The van der Waals surface area contributed by atoms with Crippen LogP contribution in [0.2, 0.25) is 0 Å². The number of amides is 1. The lowest BCUT2D eigenvalue weighted by atomic mass is 9.93. The lowest BCUT2D eigenvalue weighted by molar-refractivity contribution is 0.102. The van der Waals surface area contributed by atoms with Crippen LogP contribution in [-0.4, -0.2) is 16.8 Å². The first-order valence-electron chi connectivity index (χ1n) is 8.53. The molecule has 0 aromatic carbocycles. The van der Waals surface area contributed by atoms with Gasteiger partial charge in [-0.2, -0.15) is 0 Å². The lowest BCUT2D eigenvalue weighted by Gasteiger charge is -2.12. The highest BCUT2D eigenvalue weighted by atomic mass is 32.1. The highest BCUT2D eigenvalue weighted by Gasteiger charge is 2.28. The summed E-state index contributed by atoms with van der Waals surface area (Å²) in [6.45, 7) is 3.45. The number of nitrogens with one attached hydrogen (secondary N) is 1. The lowest BCUT2D eigenvalue weighted by Crippen LogP contribution is -2.15. The summed E-state index contributed by atoms with van der Waals surface area (Å²) in [5.41, 5.74) is 2.75. The number of anilines is 1. The highest BCUT2D eigenvalue weighted by Crippen LogP contribution is 2.40. The predicted molar refractivity (Wildman–Crippen MR) is 103 cm³/mol. The first-order chi connectivity index (χ1) is 12.6. The van der Waals surface area contributed by atoms with E-state index in [1.54, 1.807) is 13.8 Å². The van der Waals surface area contributed by atoms with Crippen molar-refractivity contribution in [2.24, 2.45) is 0 Å². The molecule has 0 spiro atoms. The predicted octanol–water partition coefficient (Wildman–Crippen LogP) is 4.78. The van der Waals surface area contributed by atoms with Crippen molar-refractivity contribution in [1.82, 2.24) is 5.16 Å². The van der Waals surface area contributed by atoms with Crippen molar-refractivity contribution in [3.8, 4) is 0 Å². The van der Waals surface area contributed by atoms with Crippen molar-refractivity contribution < 1.29 is 14.1 Å². The molecule has 3 aromatic rings. The van der Waals surface area contributed by atoms with Crippen LogP contribution in [0.25, 0.3) is 0 Å². The van der Waals surface area contributed by atoms with Crippen molar-refractivity contribution >= 4 is 39.4 Å². The third-order valence-corrected chi connectivity index (χ3v) is 6.71. The van der Waals surface area contributed by atoms with E-state index < -0.39 is 0 Å². The number of carbonyl (C=O) groups is 2. The molecule has 3 aromatic heterocycles. The minimum atomic E-state index is -0.278. The largest absolute Gasteiger partial charge is 0.361 e. The minimum absolute atomic E-state index is 0.00605. The van der Waals surface area contributed by atoms with Crippen LogP contribution in [0.4, 0.5) is 5.00 Å². The molecule has 0 saturated carbocycles. The third kappa shape index (κ3) is 2.91. The number of carbonyl (C=O) groups excluding carboxylic acids is 2. The van der Waals surface area contributed by atoms with Gasteiger partial charge in [-0.25, -0.2) is 0 Å². The van der Waals surface area contributed by atoms with Gasteiger partial charge in [-0.1, -0.05) is 11.2 Å². The molecule has 0 fully saturated rings. The maximum Gasteiger partial charge on any atom is 0.261 e. The molecular weight excluding hydrogens is 368 g/mol. The number of aromatic nitrogens is 1. The molecule has 0 bridgehead atoms. The minimum Gasteiger partial charge on any atom is -0.361 e. The number of hydrogen-bond acceptors (Lipinski definition) is 6. The van der Waals surface area contributed by atoms with Gasteiger partial charge in [0.2, 0.25) is 5.78 Å². The van der Waals surface area contributed by atoms with Gasteiger partial charge in [0.1, 0.15) is 16.3 Å². The topological polar surface area (TPSA) is 72.2 Å². The molecule has 1 aliphatic rings. The maximum absolute atomic E-state index is 13.1. The summed E-state index contributed by atoms with van der Waals surface area (Å²) in [7, 11) is 0. The van der Waals surface area contributed by atoms with Crippen molar-refractivity contribution in [1.29, 1.82) is 0 Å². The van der Waals surface area contributed by atoms with Crippen LogP contribution in [0.15, 0.2) is 22.0 Å². The van der Waals surface area contributed by atoms with Crippen LogP contribution in [0.5, 0.6) is 0 Å². The number of hydrogen-bond donors (Lipinski definition) is 1. The molecule has 1 N–H and O–H groups in total. The number of rotatable bonds is 4. The Hall–Kier alpha value is -2.25. The number of thiophene rings is 2. The Morgan fingerprint density at radius 3 is 2.69 bits per heavy atom. The zero-order valence-corrected chi connectivity index (χ0v) is 16.2. The van der Waals surface area contributed by atoms with E-state index in [2.05, 4.69) is 10.5 Å². The summed E-state index contributed by atoms with van der Waals surface area (Å²) in [4.78, 5) is 27.8. The van der Waals surface area contributed by atoms with Crippen LogP contribution in [-0.2, 0) is 12.8 Å². The Bertz CT molecular complexity index is 964. The number of nitrogens with zero attached hydrogens (tertiary/aromatic N) is 1. The smallest absolute Gasteiger partial charge is 0.261 e. The summed E-state index contributed by atoms with van der Waals surface area (Å²) < 4.78 is 5.10. The Kier molecular flexibility index (Phi) is 4.50. The van der Waals surface area contributed by atoms with Gasteiger partial charge in [0.05, 0.1) is 16.1 Å². The molecule has 1 amide bonds. The molecule has 0 atom stereocenters. The van der Waals surface area contributed by atoms with Gasteiger partial charge < -0.3 is 9.84 Å². The van der Waals surface area contributed by atoms with Gasteiger partial charge in [0, 0.05) is 4.88 Å². The molecule has 1 aliphatic carbocycles. The van der Waals surface area contributed by atoms with Crippen LogP contribution in [0.1, 0.15) is 60.3 Å². The van der Waals surface area contributed by atoms with E-state index in [4.69, 9.17) is 4.52 Å². The van der Waals surface area contributed by atoms with Crippen molar-refractivity contribution in [2.75, 3.05) is 5.32 Å². The maximum atomic E-state index is 13.1. The van der Waals surface area contributed by atoms with Crippen molar-refractivity contribution in [2.45, 2.75) is 39.5 Å².